The monoisotopic (exact) mass is 562 g/mol. The van der Waals surface area contributed by atoms with E-state index >= 15 is 0 Å². The third kappa shape index (κ3) is 9.63. The number of benzene rings is 1. The lowest BCUT2D eigenvalue weighted by Gasteiger charge is -2.25. The minimum absolute atomic E-state index is 0.00972. The lowest BCUT2D eigenvalue weighted by atomic mass is 10.0. The van der Waals surface area contributed by atoms with Crippen LogP contribution in [0.2, 0.25) is 0 Å². The Morgan fingerprint density at radius 3 is 2.20 bits per heavy atom. The summed E-state index contributed by atoms with van der Waals surface area (Å²) in [6, 6.07) is 2.04. The number of H-pyrrole nitrogens is 1. The first-order chi connectivity index (χ1) is 18.9. The van der Waals surface area contributed by atoms with E-state index in [9.17, 15) is 34.2 Å². The molecule has 0 fully saturated rings. The number of unbranched alkanes of at least 4 members (excludes halogenated alkanes) is 1. The van der Waals surface area contributed by atoms with Crippen LogP contribution in [0.5, 0.6) is 0 Å². The quantitative estimate of drug-likeness (QED) is 0.106. The van der Waals surface area contributed by atoms with Crippen LogP contribution in [0, 0.1) is 0 Å². The molecule has 0 bridgehead atoms. The van der Waals surface area contributed by atoms with Crippen LogP contribution < -0.4 is 27.4 Å². The van der Waals surface area contributed by atoms with Crippen LogP contribution in [0.4, 0.5) is 0 Å². The summed E-state index contributed by atoms with van der Waals surface area (Å²) in [4.78, 5) is 64.9. The predicted octanol–water partition coefficient (Wildman–Crippen LogP) is -1.05. The molecule has 0 saturated carbocycles. The first-order valence-corrected chi connectivity index (χ1v) is 13.0. The highest BCUT2D eigenvalue weighted by Gasteiger charge is 2.32. The number of carboxylic acids is 2. The van der Waals surface area contributed by atoms with Gasteiger partial charge in [0.25, 0.3) is 0 Å². The number of nitrogens with two attached hydrogens (primary N) is 2. The molecule has 0 aliphatic heterocycles. The molecular weight excluding hydrogens is 524 g/mol. The highest BCUT2D eigenvalue weighted by molar-refractivity contribution is 5.95. The molecular formula is C26H38N6O8. The fourth-order valence-corrected chi connectivity index (χ4v) is 4.10. The molecule has 0 aliphatic rings. The molecule has 2 rings (SSSR count). The fraction of sp³-hybridized carbons (Fsp3) is 0.500. The van der Waals surface area contributed by atoms with Crippen LogP contribution >= 0.6 is 0 Å². The maximum atomic E-state index is 13.5. The van der Waals surface area contributed by atoms with Crippen molar-refractivity contribution in [2.24, 2.45) is 11.5 Å². The maximum absolute atomic E-state index is 13.5. The molecule has 1 aromatic carbocycles. The van der Waals surface area contributed by atoms with E-state index in [0.29, 0.717) is 31.4 Å². The molecule has 11 N–H and O–H groups in total. The summed E-state index contributed by atoms with van der Waals surface area (Å²) in [5.41, 5.74) is 13.0. The van der Waals surface area contributed by atoms with Crippen molar-refractivity contribution < 1.29 is 39.3 Å². The van der Waals surface area contributed by atoms with Gasteiger partial charge >= 0.3 is 11.9 Å². The van der Waals surface area contributed by atoms with Crippen molar-refractivity contribution in [3.63, 3.8) is 0 Å². The summed E-state index contributed by atoms with van der Waals surface area (Å²) in [6.07, 6.45) is 0.960. The van der Waals surface area contributed by atoms with Gasteiger partial charge in [0.15, 0.2) is 6.04 Å². The topological polar surface area (TPSA) is 250 Å². The number of aliphatic carboxylic acids is 2. The van der Waals surface area contributed by atoms with E-state index in [2.05, 4.69) is 20.9 Å². The number of amides is 3. The van der Waals surface area contributed by atoms with Gasteiger partial charge < -0.3 is 47.7 Å². The van der Waals surface area contributed by atoms with Crippen molar-refractivity contribution in [2.75, 3.05) is 6.54 Å². The van der Waals surface area contributed by atoms with E-state index in [1.54, 1.807) is 6.20 Å². The number of aliphatic hydroxyl groups is 1. The van der Waals surface area contributed by atoms with Gasteiger partial charge in [0.05, 0.1) is 12.1 Å². The van der Waals surface area contributed by atoms with Gasteiger partial charge in [-0.1, -0.05) is 24.6 Å². The minimum atomic E-state index is -1.69. The molecule has 2 aromatic rings. The van der Waals surface area contributed by atoms with E-state index in [4.69, 9.17) is 16.6 Å². The number of carbonyl (C=O) groups excluding carboxylic acids is 3. The van der Waals surface area contributed by atoms with Gasteiger partial charge in [-0.2, -0.15) is 0 Å². The number of carboxylic acid groups (broad SMARTS) is 2. The third-order valence-electron chi connectivity index (χ3n) is 6.36. The number of hydrogen-bond acceptors (Lipinski definition) is 8. The highest BCUT2D eigenvalue weighted by Crippen LogP contribution is 2.19. The molecule has 5 unspecified atom stereocenters. The van der Waals surface area contributed by atoms with Gasteiger partial charge in [0, 0.05) is 29.9 Å². The number of aromatic nitrogens is 1. The van der Waals surface area contributed by atoms with Crippen LogP contribution in [0.1, 0.15) is 44.6 Å². The largest absolute Gasteiger partial charge is 0.481 e. The second-order valence-corrected chi connectivity index (χ2v) is 9.57. The lowest BCUT2D eigenvalue weighted by Crippen LogP contribution is -2.58. The molecule has 0 aliphatic carbocycles. The Kier molecular flexibility index (Phi) is 12.5. The molecule has 0 spiro atoms. The molecule has 1 heterocycles. The van der Waals surface area contributed by atoms with Gasteiger partial charge in [-0.25, -0.2) is 4.79 Å². The lowest BCUT2D eigenvalue weighted by molar-refractivity contribution is -0.145. The summed E-state index contributed by atoms with van der Waals surface area (Å²) < 4.78 is 0. The number of carbonyl (C=O) groups is 5. The fourth-order valence-electron chi connectivity index (χ4n) is 4.10. The van der Waals surface area contributed by atoms with Gasteiger partial charge in [-0.05, 0) is 44.4 Å². The first-order valence-electron chi connectivity index (χ1n) is 13.0. The summed E-state index contributed by atoms with van der Waals surface area (Å²) in [7, 11) is 0. The van der Waals surface area contributed by atoms with Crippen LogP contribution in [0.25, 0.3) is 10.9 Å². The molecule has 0 radical (unpaired) electrons. The second kappa shape index (κ2) is 15.5. The molecule has 5 atom stereocenters. The zero-order valence-electron chi connectivity index (χ0n) is 22.3. The van der Waals surface area contributed by atoms with E-state index in [1.165, 1.54) is 0 Å². The Balaban J connectivity index is 2.30. The van der Waals surface area contributed by atoms with Crippen molar-refractivity contribution in [3.05, 3.63) is 36.0 Å². The van der Waals surface area contributed by atoms with Crippen LogP contribution in [0.3, 0.4) is 0 Å². The maximum Gasteiger partial charge on any atom is 0.328 e. The summed E-state index contributed by atoms with van der Waals surface area (Å²) >= 11 is 0. The van der Waals surface area contributed by atoms with E-state index in [0.717, 1.165) is 17.8 Å². The Labute approximate surface area is 230 Å². The SMILES string of the molecule is CC(O)C(NC(=O)C(CCC(=O)O)NC(=O)C(Cc1c[nH]c2ccccc12)NC(=O)C(N)CCCCN)C(=O)O. The molecule has 40 heavy (non-hydrogen) atoms. The molecule has 14 nitrogen and oxygen atoms in total. The molecule has 220 valence electrons. The Hall–Kier alpha value is -4.01. The second-order valence-electron chi connectivity index (χ2n) is 9.57. The third-order valence-corrected chi connectivity index (χ3v) is 6.36. The molecule has 0 saturated heterocycles. The van der Waals surface area contributed by atoms with Crippen molar-refractivity contribution in [2.45, 2.75) is 75.7 Å². The Morgan fingerprint density at radius 1 is 0.925 bits per heavy atom. The Bertz CT molecular complexity index is 1180. The van der Waals surface area contributed by atoms with E-state index in [1.807, 2.05) is 24.3 Å². The van der Waals surface area contributed by atoms with Gasteiger partial charge in [0.2, 0.25) is 17.7 Å². The Morgan fingerprint density at radius 2 is 1.57 bits per heavy atom. The number of fused-ring (bicyclic) bond motifs is 1. The molecule has 1 aromatic heterocycles. The normalized spacial score (nSPS) is 14.9. The van der Waals surface area contributed by atoms with E-state index < -0.39 is 66.4 Å². The van der Waals surface area contributed by atoms with Crippen LogP contribution in [-0.4, -0.2) is 86.8 Å². The molecule has 3 amide bonds. The first kappa shape index (κ1) is 32.2. The van der Waals surface area contributed by atoms with Crippen molar-refractivity contribution in [1.29, 1.82) is 0 Å². The summed E-state index contributed by atoms with van der Waals surface area (Å²) in [5, 5.41) is 36.1. The highest BCUT2D eigenvalue weighted by atomic mass is 16.4. The average molecular weight is 563 g/mol. The van der Waals surface area contributed by atoms with Crippen molar-refractivity contribution in [1.82, 2.24) is 20.9 Å². The summed E-state index contributed by atoms with van der Waals surface area (Å²) in [5.74, 6) is -5.16. The number of nitrogens with one attached hydrogen (secondary N) is 4. The van der Waals surface area contributed by atoms with Gasteiger partial charge in [-0.15, -0.1) is 0 Å². The average Bonchev–Trinajstić information content (AvgIpc) is 3.31. The number of aliphatic hydroxyl groups excluding tert-OH is 1. The summed E-state index contributed by atoms with van der Waals surface area (Å²) in [6.45, 7) is 1.60. The zero-order chi connectivity index (χ0) is 29.8. The van der Waals surface area contributed by atoms with E-state index in [-0.39, 0.29) is 12.8 Å². The number of para-hydroxylation sites is 1. The minimum Gasteiger partial charge on any atom is -0.481 e. The van der Waals surface area contributed by atoms with Gasteiger partial charge in [-0.3, -0.25) is 19.2 Å². The van der Waals surface area contributed by atoms with Crippen molar-refractivity contribution >= 4 is 40.6 Å². The smallest absolute Gasteiger partial charge is 0.328 e. The number of rotatable bonds is 17. The molecule has 14 heteroatoms. The van der Waals surface area contributed by atoms with Crippen LogP contribution in [-0.2, 0) is 30.4 Å². The van der Waals surface area contributed by atoms with Gasteiger partial charge in [0.1, 0.15) is 12.1 Å². The standard InChI is InChI=1S/C26H38N6O8/c1-14(33)22(26(39)40)32-24(37)19(9-10-21(34)35)30-25(38)20(31-23(36)17(28)7-4-5-11-27)12-15-13-29-18-8-3-2-6-16(15)18/h2-3,6,8,13-14,17,19-20,22,29,33H,4-5,7,9-12,27-28H2,1H3,(H,30,38)(H,31,36)(H,32,37)(H,34,35)(H,39,40). The zero-order valence-corrected chi connectivity index (χ0v) is 22.3. The van der Waals surface area contributed by atoms with Crippen molar-refractivity contribution in [3.8, 4) is 0 Å². The number of aromatic amines is 1. The predicted molar refractivity (Wildman–Crippen MR) is 145 cm³/mol. The van der Waals surface area contributed by atoms with Crippen LogP contribution in [0.15, 0.2) is 30.5 Å². The number of hydrogen-bond donors (Lipinski definition) is 9.